The molecule has 0 heterocycles. The van der Waals surface area contributed by atoms with Gasteiger partial charge in [0.2, 0.25) is 5.91 Å². The molecule has 7 nitrogen and oxygen atoms in total. The average molecular weight is 300 g/mol. The van der Waals surface area contributed by atoms with Gasteiger partial charge >= 0.3 is 11.9 Å². The van der Waals surface area contributed by atoms with Crippen molar-refractivity contribution in [3.63, 3.8) is 0 Å². The van der Waals surface area contributed by atoms with Gasteiger partial charge in [-0.05, 0) is 19.8 Å². The van der Waals surface area contributed by atoms with Crippen LogP contribution in [0.3, 0.4) is 0 Å². The van der Waals surface area contributed by atoms with Crippen LogP contribution >= 0.6 is 0 Å². The van der Waals surface area contributed by atoms with Crippen molar-refractivity contribution in [1.82, 2.24) is 10.2 Å². The van der Waals surface area contributed by atoms with Crippen molar-refractivity contribution in [1.29, 1.82) is 0 Å². The van der Waals surface area contributed by atoms with Gasteiger partial charge in [0.05, 0.1) is 33.4 Å². The van der Waals surface area contributed by atoms with Gasteiger partial charge in [0, 0.05) is 6.04 Å². The number of ether oxygens (including phenoxy) is 2. The van der Waals surface area contributed by atoms with Crippen LogP contribution < -0.4 is 5.32 Å². The monoisotopic (exact) mass is 300 g/mol. The third-order valence-electron chi connectivity index (χ3n) is 3.75. The van der Waals surface area contributed by atoms with E-state index in [-0.39, 0.29) is 25.0 Å². The molecular formula is C14H24N2O5. The molecule has 1 amide bonds. The molecule has 0 spiro atoms. The van der Waals surface area contributed by atoms with Crippen molar-refractivity contribution in [2.45, 2.75) is 44.7 Å². The number of hydrogen-bond acceptors (Lipinski definition) is 6. The maximum absolute atomic E-state index is 12.2. The number of carbonyl (C=O) groups is 3. The SMILES string of the molecule is COC(=O)CN(CC(=O)OC)C(C)C(=O)NC1CCCC1. The number of rotatable bonds is 7. The third kappa shape index (κ3) is 5.71. The minimum atomic E-state index is -0.608. The molecule has 1 aliphatic carbocycles. The maximum atomic E-state index is 12.2. The first kappa shape index (κ1) is 17.4. The second-order valence-corrected chi connectivity index (χ2v) is 5.22. The van der Waals surface area contributed by atoms with Crippen molar-refractivity contribution >= 4 is 17.8 Å². The van der Waals surface area contributed by atoms with Crippen LogP contribution in [0.25, 0.3) is 0 Å². The number of nitrogens with zero attached hydrogens (tertiary/aromatic N) is 1. The topological polar surface area (TPSA) is 84.9 Å². The summed E-state index contributed by atoms with van der Waals surface area (Å²) >= 11 is 0. The van der Waals surface area contributed by atoms with Crippen molar-refractivity contribution in [3.8, 4) is 0 Å². The van der Waals surface area contributed by atoms with Crippen LogP contribution in [0.4, 0.5) is 0 Å². The Hall–Kier alpha value is -1.63. The minimum absolute atomic E-state index is 0.134. The number of carbonyl (C=O) groups excluding carboxylic acids is 3. The van der Waals surface area contributed by atoms with E-state index in [9.17, 15) is 14.4 Å². The first-order chi connectivity index (χ1) is 9.97. The summed E-state index contributed by atoms with van der Waals surface area (Å²) in [4.78, 5) is 36.5. The highest BCUT2D eigenvalue weighted by atomic mass is 16.5. The van der Waals surface area contributed by atoms with E-state index in [1.54, 1.807) is 6.92 Å². The Bertz CT molecular complexity index is 362. The molecule has 0 aromatic rings. The molecule has 1 fully saturated rings. The lowest BCUT2D eigenvalue weighted by Gasteiger charge is -2.27. The molecule has 1 rings (SSSR count). The van der Waals surface area contributed by atoms with Crippen LogP contribution in [0.2, 0.25) is 0 Å². The molecule has 1 saturated carbocycles. The second kappa shape index (κ2) is 8.61. The molecule has 1 aliphatic rings. The second-order valence-electron chi connectivity index (χ2n) is 5.22. The zero-order valence-corrected chi connectivity index (χ0v) is 12.9. The van der Waals surface area contributed by atoms with Gasteiger partial charge in [-0.3, -0.25) is 19.3 Å². The molecule has 7 heteroatoms. The molecule has 0 saturated heterocycles. The highest BCUT2D eigenvalue weighted by Gasteiger charge is 2.28. The van der Waals surface area contributed by atoms with Gasteiger partial charge < -0.3 is 14.8 Å². The Morgan fingerprint density at radius 3 is 2.00 bits per heavy atom. The Morgan fingerprint density at radius 2 is 1.57 bits per heavy atom. The average Bonchev–Trinajstić information content (AvgIpc) is 2.98. The number of amides is 1. The van der Waals surface area contributed by atoms with Gasteiger partial charge in [-0.1, -0.05) is 12.8 Å². The molecule has 120 valence electrons. The number of esters is 2. The van der Waals surface area contributed by atoms with Gasteiger partial charge in [0.15, 0.2) is 0 Å². The fraction of sp³-hybridized carbons (Fsp3) is 0.786. The molecule has 0 aromatic heterocycles. The summed E-state index contributed by atoms with van der Waals surface area (Å²) in [6, 6.07) is -0.415. The summed E-state index contributed by atoms with van der Waals surface area (Å²) < 4.78 is 9.19. The van der Waals surface area contributed by atoms with Crippen LogP contribution in [-0.2, 0) is 23.9 Å². The summed E-state index contributed by atoms with van der Waals surface area (Å²) in [7, 11) is 2.53. The van der Waals surface area contributed by atoms with E-state index in [1.165, 1.54) is 19.1 Å². The van der Waals surface area contributed by atoms with Crippen molar-refractivity contribution in [2.24, 2.45) is 0 Å². The molecule has 1 atom stereocenters. The Kier molecular flexibility index (Phi) is 7.14. The van der Waals surface area contributed by atoms with Crippen LogP contribution in [0, 0.1) is 0 Å². The van der Waals surface area contributed by atoms with E-state index in [2.05, 4.69) is 14.8 Å². The Labute approximate surface area is 124 Å². The van der Waals surface area contributed by atoms with E-state index < -0.39 is 18.0 Å². The molecular weight excluding hydrogens is 276 g/mol. The van der Waals surface area contributed by atoms with Crippen molar-refractivity contribution < 1.29 is 23.9 Å². The van der Waals surface area contributed by atoms with Gasteiger partial charge in [-0.15, -0.1) is 0 Å². The Balaban J connectivity index is 2.62. The number of methoxy groups -OCH3 is 2. The van der Waals surface area contributed by atoms with Gasteiger partial charge in [0.1, 0.15) is 0 Å². The molecule has 0 bridgehead atoms. The highest BCUT2D eigenvalue weighted by molar-refractivity contribution is 5.83. The summed E-state index contributed by atoms with van der Waals surface area (Å²) in [5.41, 5.74) is 0. The first-order valence-corrected chi connectivity index (χ1v) is 7.16. The van der Waals surface area contributed by atoms with Gasteiger partial charge in [0.25, 0.3) is 0 Å². The molecule has 1 unspecified atom stereocenters. The first-order valence-electron chi connectivity index (χ1n) is 7.16. The summed E-state index contributed by atoms with van der Waals surface area (Å²) in [6.45, 7) is 1.39. The van der Waals surface area contributed by atoms with E-state index in [4.69, 9.17) is 0 Å². The largest absolute Gasteiger partial charge is 0.468 e. The lowest BCUT2D eigenvalue weighted by Crippen LogP contribution is -2.51. The third-order valence-corrected chi connectivity index (χ3v) is 3.75. The molecule has 0 radical (unpaired) electrons. The number of hydrogen-bond donors (Lipinski definition) is 1. The van der Waals surface area contributed by atoms with Gasteiger partial charge in [-0.25, -0.2) is 0 Å². The fourth-order valence-corrected chi connectivity index (χ4v) is 2.35. The fourth-order valence-electron chi connectivity index (χ4n) is 2.35. The van der Waals surface area contributed by atoms with E-state index >= 15 is 0 Å². The molecule has 1 N–H and O–H groups in total. The lowest BCUT2D eigenvalue weighted by molar-refractivity contribution is -0.147. The van der Waals surface area contributed by atoms with E-state index in [1.807, 2.05) is 0 Å². The van der Waals surface area contributed by atoms with Crippen molar-refractivity contribution in [3.05, 3.63) is 0 Å². The van der Waals surface area contributed by atoms with Crippen molar-refractivity contribution in [2.75, 3.05) is 27.3 Å². The van der Waals surface area contributed by atoms with E-state index in [0.29, 0.717) is 0 Å². The minimum Gasteiger partial charge on any atom is -0.468 e. The van der Waals surface area contributed by atoms with Crippen LogP contribution in [0.1, 0.15) is 32.6 Å². The smallest absolute Gasteiger partial charge is 0.319 e. The lowest BCUT2D eigenvalue weighted by atomic mass is 10.2. The number of nitrogens with one attached hydrogen (secondary N) is 1. The van der Waals surface area contributed by atoms with Crippen LogP contribution in [0.5, 0.6) is 0 Å². The highest BCUT2D eigenvalue weighted by Crippen LogP contribution is 2.18. The summed E-state index contributed by atoms with van der Waals surface area (Å²) in [5.74, 6) is -1.19. The van der Waals surface area contributed by atoms with Crippen LogP contribution in [0.15, 0.2) is 0 Å². The predicted octanol–water partition coefficient (Wildman–Crippen LogP) is 0.0817. The van der Waals surface area contributed by atoms with Gasteiger partial charge in [-0.2, -0.15) is 0 Å². The zero-order chi connectivity index (χ0) is 15.8. The standard InChI is InChI=1S/C14H24N2O5/c1-10(14(19)15-11-6-4-5-7-11)16(8-12(17)20-2)9-13(18)21-3/h10-11H,4-9H2,1-3H3,(H,15,19). The zero-order valence-electron chi connectivity index (χ0n) is 12.9. The molecule has 0 aromatic carbocycles. The van der Waals surface area contributed by atoms with Crippen LogP contribution in [-0.4, -0.2) is 62.1 Å². The predicted molar refractivity (Wildman–Crippen MR) is 75.5 cm³/mol. The maximum Gasteiger partial charge on any atom is 0.319 e. The molecule has 21 heavy (non-hydrogen) atoms. The van der Waals surface area contributed by atoms with E-state index in [0.717, 1.165) is 25.7 Å². The normalized spacial score (nSPS) is 16.6. The quantitative estimate of drug-likeness (QED) is 0.670. The molecule has 0 aliphatic heterocycles. The summed E-state index contributed by atoms with van der Waals surface area (Å²) in [5, 5.41) is 2.96. The summed E-state index contributed by atoms with van der Waals surface area (Å²) in [6.07, 6.45) is 4.19. The Morgan fingerprint density at radius 1 is 1.10 bits per heavy atom.